The van der Waals surface area contributed by atoms with Crippen LogP contribution < -0.4 is 0 Å². The summed E-state index contributed by atoms with van der Waals surface area (Å²) in [5.74, 6) is 0. The molecule has 0 spiro atoms. The van der Waals surface area contributed by atoms with Gasteiger partial charge in [0.25, 0.3) is 0 Å². The van der Waals surface area contributed by atoms with E-state index in [0.717, 1.165) is 0 Å². The lowest BCUT2D eigenvalue weighted by Crippen LogP contribution is -1.95. The number of hydrogen-bond donors (Lipinski definition) is 0. The molecule has 0 unspecified atom stereocenters. The predicted molar refractivity (Wildman–Crippen MR) is 251 cm³/mol. The molecule has 0 saturated carbocycles. The molecule has 0 radical (unpaired) electrons. The van der Waals surface area contributed by atoms with Crippen molar-refractivity contribution in [2.45, 2.75) is 0 Å². The fraction of sp³-hybridized carbons (Fsp3) is 0. The zero-order valence-electron chi connectivity index (χ0n) is 31.8. The lowest BCUT2D eigenvalue weighted by Gasteiger charge is -2.22. The van der Waals surface area contributed by atoms with Crippen molar-refractivity contribution in [2.24, 2.45) is 0 Å². The van der Waals surface area contributed by atoms with Crippen molar-refractivity contribution in [3.8, 4) is 44.5 Å². The Bertz CT molecular complexity index is 3620. The van der Waals surface area contributed by atoms with E-state index in [2.05, 4.69) is 218 Å². The minimum absolute atomic E-state index is 1.21. The minimum atomic E-state index is 1.21. The van der Waals surface area contributed by atoms with E-state index in [1.165, 1.54) is 120 Å². The van der Waals surface area contributed by atoms with Crippen LogP contribution >= 0.6 is 0 Å². The third-order valence-corrected chi connectivity index (χ3v) is 12.4. The molecule has 0 heteroatoms. The normalized spacial score (nSPS) is 11.8. The zero-order chi connectivity index (χ0) is 38.2. The van der Waals surface area contributed by atoms with Crippen molar-refractivity contribution < 1.29 is 0 Å². The second kappa shape index (κ2) is 13.0. The Morgan fingerprint density at radius 2 is 0.586 bits per heavy atom. The highest BCUT2D eigenvalue weighted by atomic mass is 14.3. The molecule has 12 aromatic carbocycles. The van der Waals surface area contributed by atoms with Gasteiger partial charge < -0.3 is 0 Å². The molecule has 0 N–H and O–H groups in total. The van der Waals surface area contributed by atoms with Crippen LogP contribution in [-0.4, -0.2) is 0 Å². The predicted octanol–water partition coefficient (Wildman–Crippen LogP) is 16.4. The fourth-order valence-electron chi connectivity index (χ4n) is 9.88. The van der Waals surface area contributed by atoms with Crippen LogP contribution in [0.25, 0.3) is 120 Å². The lowest BCUT2D eigenvalue weighted by molar-refractivity contribution is 1.63. The van der Waals surface area contributed by atoms with Crippen LogP contribution in [0.1, 0.15) is 0 Å². The summed E-state index contributed by atoms with van der Waals surface area (Å²) in [4.78, 5) is 0. The molecule has 0 nitrogen and oxygen atoms in total. The molecule has 0 bridgehead atoms. The summed E-state index contributed by atoms with van der Waals surface area (Å²) in [5, 5.41) is 17.6. The first kappa shape index (κ1) is 32.7. The van der Waals surface area contributed by atoms with Crippen LogP contribution in [0.15, 0.2) is 218 Å². The average molecular weight is 733 g/mol. The van der Waals surface area contributed by atoms with Gasteiger partial charge in [-0.15, -0.1) is 0 Å². The van der Waals surface area contributed by atoms with Gasteiger partial charge in [-0.1, -0.05) is 200 Å². The van der Waals surface area contributed by atoms with E-state index in [-0.39, 0.29) is 0 Å². The molecule has 0 aromatic heterocycles. The smallest absolute Gasteiger partial charge is 0.00197 e. The SMILES string of the molecule is c1ccc(-c2cc3ccccc3c3ccccc23)c(-c2c3ccccc3c(-c3cc4ccccc4c4ccccc34)c3cc(-c4cccc5ccccc45)ccc23)c1. The second-order valence-electron chi connectivity index (χ2n) is 15.5. The molecule has 0 aliphatic rings. The summed E-state index contributed by atoms with van der Waals surface area (Å²) in [6.07, 6.45) is 0. The molecule has 268 valence electrons. The number of rotatable bonds is 4. The minimum Gasteiger partial charge on any atom is -0.0616 e. The highest BCUT2D eigenvalue weighted by Crippen LogP contribution is 2.50. The van der Waals surface area contributed by atoms with Gasteiger partial charge in [0, 0.05) is 0 Å². The van der Waals surface area contributed by atoms with Gasteiger partial charge in [0.05, 0.1) is 0 Å². The monoisotopic (exact) mass is 732 g/mol. The van der Waals surface area contributed by atoms with E-state index >= 15 is 0 Å². The molecule has 0 aliphatic carbocycles. The van der Waals surface area contributed by atoms with E-state index in [4.69, 9.17) is 0 Å². The summed E-state index contributed by atoms with van der Waals surface area (Å²) in [6, 6.07) is 81.1. The van der Waals surface area contributed by atoms with Crippen molar-refractivity contribution in [1.82, 2.24) is 0 Å². The zero-order valence-corrected chi connectivity index (χ0v) is 31.8. The van der Waals surface area contributed by atoms with Gasteiger partial charge >= 0.3 is 0 Å². The van der Waals surface area contributed by atoms with Gasteiger partial charge in [0.15, 0.2) is 0 Å². The van der Waals surface area contributed by atoms with Crippen molar-refractivity contribution in [3.63, 3.8) is 0 Å². The highest BCUT2D eigenvalue weighted by molar-refractivity contribution is 6.27. The van der Waals surface area contributed by atoms with Crippen molar-refractivity contribution >= 4 is 75.4 Å². The lowest BCUT2D eigenvalue weighted by atomic mass is 9.81. The Kier molecular flexibility index (Phi) is 7.33. The van der Waals surface area contributed by atoms with Crippen molar-refractivity contribution in [3.05, 3.63) is 218 Å². The highest BCUT2D eigenvalue weighted by Gasteiger charge is 2.22. The van der Waals surface area contributed by atoms with Gasteiger partial charge in [-0.25, -0.2) is 0 Å². The maximum Gasteiger partial charge on any atom is -0.00197 e. The van der Waals surface area contributed by atoms with Crippen molar-refractivity contribution in [2.75, 3.05) is 0 Å². The molecular formula is C58H36. The van der Waals surface area contributed by atoms with Gasteiger partial charge in [0.1, 0.15) is 0 Å². The summed E-state index contributed by atoms with van der Waals surface area (Å²) >= 11 is 0. The number of hydrogen-bond acceptors (Lipinski definition) is 0. The molecule has 0 atom stereocenters. The maximum atomic E-state index is 2.47. The van der Waals surface area contributed by atoms with Crippen LogP contribution in [0.5, 0.6) is 0 Å². The first-order chi connectivity index (χ1) is 28.8. The van der Waals surface area contributed by atoms with E-state index in [1.807, 2.05) is 0 Å². The molecule has 12 aromatic rings. The summed E-state index contributed by atoms with van der Waals surface area (Å²) in [7, 11) is 0. The van der Waals surface area contributed by atoms with Crippen LogP contribution in [0.2, 0.25) is 0 Å². The van der Waals surface area contributed by atoms with E-state index < -0.39 is 0 Å². The van der Waals surface area contributed by atoms with E-state index in [9.17, 15) is 0 Å². The van der Waals surface area contributed by atoms with Gasteiger partial charge in [-0.3, -0.25) is 0 Å². The largest absolute Gasteiger partial charge is 0.0616 e. The molecule has 0 amide bonds. The van der Waals surface area contributed by atoms with Crippen LogP contribution in [0, 0.1) is 0 Å². The summed E-state index contributed by atoms with van der Waals surface area (Å²) in [5.41, 5.74) is 9.96. The first-order valence-corrected chi connectivity index (χ1v) is 20.2. The van der Waals surface area contributed by atoms with Crippen LogP contribution in [0.4, 0.5) is 0 Å². The molecule has 0 saturated heterocycles. The quantitative estimate of drug-likeness (QED) is 0.125. The molecule has 0 aliphatic heterocycles. The Labute approximate surface area is 336 Å². The maximum absolute atomic E-state index is 2.47. The topological polar surface area (TPSA) is 0 Å². The molecule has 0 heterocycles. The summed E-state index contributed by atoms with van der Waals surface area (Å²) < 4.78 is 0. The third-order valence-electron chi connectivity index (χ3n) is 12.4. The molecule has 12 rings (SSSR count). The van der Waals surface area contributed by atoms with Crippen LogP contribution in [-0.2, 0) is 0 Å². The second-order valence-corrected chi connectivity index (χ2v) is 15.5. The Morgan fingerprint density at radius 1 is 0.172 bits per heavy atom. The van der Waals surface area contributed by atoms with E-state index in [1.54, 1.807) is 0 Å². The third kappa shape index (κ3) is 4.95. The Balaban J connectivity index is 1.24. The first-order valence-electron chi connectivity index (χ1n) is 20.2. The standard InChI is InChI=1S/C58H36/c1-4-20-41-37(16-1)19-15-31-42(41)40-32-33-53-56(36-40)58(55-35-39-18-3-6-22-44(39)46-24-8-10-26-48(46)55)52-30-14-13-29-51(52)57(53)50-28-12-11-27-49(50)54-34-38-17-2-5-21-43(38)45-23-7-9-25-47(45)54/h1-36H. The van der Waals surface area contributed by atoms with Gasteiger partial charge in [0.2, 0.25) is 0 Å². The average Bonchev–Trinajstić information content (AvgIpc) is 3.30. The number of fused-ring (bicyclic) bond motifs is 9. The number of benzene rings is 12. The fourth-order valence-corrected chi connectivity index (χ4v) is 9.88. The Hall–Kier alpha value is -7.54. The molecular weight excluding hydrogens is 697 g/mol. The molecule has 58 heavy (non-hydrogen) atoms. The van der Waals surface area contributed by atoms with Crippen LogP contribution in [0.3, 0.4) is 0 Å². The van der Waals surface area contributed by atoms with Gasteiger partial charge in [-0.05, 0) is 138 Å². The Morgan fingerprint density at radius 3 is 1.24 bits per heavy atom. The van der Waals surface area contributed by atoms with E-state index in [0.29, 0.717) is 0 Å². The summed E-state index contributed by atoms with van der Waals surface area (Å²) in [6.45, 7) is 0. The molecule has 0 fully saturated rings. The van der Waals surface area contributed by atoms with Gasteiger partial charge in [-0.2, -0.15) is 0 Å². The van der Waals surface area contributed by atoms with Crippen molar-refractivity contribution in [1.29, 1.82) is 0 Å².